The highest BCUT2D eigenvalue weighted by Crippen LogP contribution is 2.21. The Labute approximate surface area is 162 Å². The average molecular weight is 408 g/mol. The molecule has 2 amide bonds. The van der Waals surface area contributed by atoms with Gasteiger partial charge in [0.1, 0.15) is 0 Å². The van der Waals surface area contributed by atoms with Crippen LogP contribution in [0.2, 0.25) is 5.02 Å². The van der Waals surface area contributed by atoms with Crippen molar-refractivity contribution >= 4 is 40.0 Å². The molecule has 0 bridgehead atoms. The number of aromatic nitrogens is 1. The number of benzene rings is 2. The molecule has 144 valence electrons. The number of anilines is 1. The van der Waals surface area contributed by atoms with E-state index in [2.05, 4.69) is 15.6 Å². The molecule has 9 heteroatoms. The molecule has 3 aromatic rings. The van der Waals surface area contributed by atoms with Crippen LogP contribution in [-0.4, -0.2) is 23.3 Å². The number of hydrogen-bond donors (Lipinski definition) is 2. The first-order valence-electron chi connectivity index (χ1n) is 8.04. The Morgan fingerprint density at radius 2 is 1.82 bits per heavy atom. The van der Waals surface area contributed by atoms with Gasteiger partial charge in [-0.05, 0) is 43.3 Å². The molecule has 0 aliphatic rings. The lowest BCUT2D eigenvalue weighted by Crippen LogP contribution is -2.33. The van der Waals surface area contributed by atoms with Crippen molar-refractivity contribution < 1.29 is 22.8 Å². The minimum absolute atomic E-state index is 0.238. The first-order valence-corrected chi connectivity index (χ1v) is 8.42. The van der Waals surface area contributed by atoms with E-state index in [1.165, 1.54) is 0 Å². The Balaban J connectivity index is 1.70. The summed E-state index contributed by atoms with van der Waals surface area (Å²) < 4.78 is 39.7. The standard InChI is InChI=1S/C19H13ClF3N3O2/c1-9-12(7-10-6-11(20)2-4-14(10)25-9)19(28)24-8-16(27)26-15-5-3-13(21)17(22)18(15)23/h2-7H,8H2,1H3,(H,24,28)(H,26,27). The van der Waals surface area contributed by atoms with Crippen LogP contribution < -0.4 is 10.6 Å². The van der Waals surface area contributed by atoms with E-state index in [9.17, 15) is 22.8 Å². The van der Waals surface area contributed by atoms with Gasteiger partial charge in [-0.2, -0.15) is 0 Å². The van der Waals surface area contributed by atoms with Gasteiger partial charge >= 0.3 is 0 Å². The Hall–Kier alpha value is -3.13. The number of halogens is 4. The number of aryl methyl sites for hydroxylation is 1. The number of fused-ring (bicyclic) bond motifs is 1. The second-order valence-electron chi connectivity index (χ2n) is 5.91. The molecule has 2 N–H and O–H groups in total. The molecule has 0 radical (unpaired) electrons. The van der Waals surface area contributed by atoms with E-state index in [1.54, 1.807) is 31.2 Å². The molecule has 1 heterocycles. The van der Waals surface area contributed by atoms with Crippen LogP contribution in [0.3, 0.4) is 0 Å². The van der Waals surface area contributed by atoms with Gasteiger partial charge in [0.05, 0.1) is 29.0 Å². The van der Waals surface area contributed by atoms with E-state index >= 15 is 0 Å². The number of carbonyl (C=O) groups is 2. The number of nitrogens with one attached hydrogen (secondary N) is 2. The fraction of sp³-hybridized carbons (Fsp3) is 0.105. The molecule has 28 heavy (non-hydrogen) atoms. The summed E-state index contributed by atoms with van der Waals surface area (Å²) in [5, 5.41) is 5.57. The second-order valence-corrected chi connectivity index (χ2v) is 6.35. The molecule has 5 nitrogen and oxygen atoms in total. The molecule has 0 saturated carbocycles. The van der Waals surface area contributed by atoms with Crippen molar-refractivity contribution in [3.05, 3.63) is 70.1 Å². The molecular formula is C19H13ClF3N3O2. The first kappa shape index (κ1) is 19.6. The van der Waals surface area contributed by atoms with E-state index in [0.29, 0.717) is 27.7 Å². The second kappa shape index (κ2) is 7.85. The van der Waals surface area contributed by atoms with Crippen LogP contribution in [0.5, 0.6) is 0 Å². The molecule has 3 rings (SSSR count). The van der Waals surface area contributed by atoms with Crippen LogP contribution in [0.15, 0.2) is 36.4 Å². The predicted molar refractivity (Wildman–Crippen MR) is 98.8 cm³/mol. The third-order valence-corrected chi connectivity index (χ3v) is 4.17. The quantitative estimate of drug-likeness (QED) is 0.643. The Kier molecular flexibility index (Phi) is 5.51. The molecule has 0 spiro atoms. The fourth-order valence-electron chi connectivity index (χ4n) is 2.55. The molecule has 0 atom stereocenters. The zero-order chi connectivity index (χ0) is 20.4. The zero-order valence-corrected chi connectivity index (χ0v) is 15.2. The van der Waals surface area contributed by atoms with Crippen molar-refractivity contribution in [1.82, 2.24) is 10.3 Å². The van der Waals surface area contributed by atoms with Crippen LogP contribution in [0.25, 0.3) is 10.9 Å². The highest BCUT2D eigenvalue weighted by Gasteiger charge is 2.17. The van der Waals surface area contributed by atoms with E-state index in [0.717, 1.165) is 6.07 Å². The largest absolute Gasteiger partial charge is 0.343 e. The summed E-state index contributed by atoms with van der Waals surface area (Å²) in [5.41, 5.74) is 0.808. The molecule has 0 aliphatic heterocycles. The average Bonchev–Trinajstić information content (AvgIpc) is 2.66. The fourth-order valence-corrected chi connectivity index (χ4v) is 2.73. The van der Waals surface area contributed by atoms with E-state index in [-0.39, 0.29) is 5.56 Å². The summed E-state index contributed by atoms with van der Waals surface area (Å²) >= 11 is 5.94. The summed E-state index contributed by atoms with van der Waals surface area (Å²) in [6, 6.07) is 8.20. The summed E-state index contributed by atoms with van der Waals surface area (Å²) in [6.07, 6.45) is 0. The van der Waals surface area contributed by atoms with Crippen LogP contribution in [0.4, 0.5) is 18.9 Å². The maximum atomic E-state index is 13.6. The van der Waals surface area contributed by atoms with E-state index in [1.807, 2.05) is 0 Å². The highest BCUT2D eigenvalue weighted by atomic mass is 35.5. The zero-order valence-electron chi connectivity index (χ0n) is 14.4. The maximum absolute atomic E-state index is 13.6. The number of rotatable bonds is 4. The summed E-state index contributed by atoms with van der Waals surface area (Å²) in [7, 11) is 0. The Morgan fingerprint density at radius 1 is 1.07 bits per heavy atom. The summed E-state index contributed by atoms with van der Waals surface area (Å²) in [6.45, 7) is 1.13. The van der Waals surface area contributed by atoms with Crippen molar-refractivity contribution in [2.45, 2.75) is 6.92 Å². The maximum Gasteiger partial charge on any atom is 0.253 e. The van der Waals surface area contributed by atoms with Crippen LogP contribution in [0, 0.1) is 24.4 Å². The molecule has 0 saturated heterocycles. The van der Waals surface area contributed by atoms with Crippen molar-refractivity contribution in [2.75, 3.05) is 11.9 Å². The smallest absolute Gasteiger partial charge is 0.253 e. The number of amides is 2. The van der Waals surface area contributed by atoms with Gasteiger partial charge in [-0.15, -0.1) is 0 Å². The Morgan fingerprint density at radius 3 is 2.57 bits per heavy atom. The number of pyridine rings is 1. The minimum atomic E-state index is -1.70. The highest BCUT2D eigenvalue weighted by molar-refractivity contribution is 6.31. The summed E-state index contributed by atoms with van der Waals surface area (Å²) in [5.74, 6) is -5.98. The topological polar surface area (TPSA) is 71.1 Å². The van der Waals surface area contributed by atoms with Gasteiger partial charge in [-0.1, -0.05) is 11.6 Å². The van der Waals surface area contributed by atoms with Gasteiger partial charge in [0.2, 0.25) is 5.91 Å². The van der Waals surface area contributed by atoms with Gasteiger partial charge in [0, 0.05) is 10.4 Å². The number of nitrogens with zero attached hydrogens (tertiary/aromatic N) is 1. The van der Waals surface area contributed by atoms with Crippen LogP contribution in [-0.2, 0) is 4.79 Å². The van der Waals surface area contributed by atoms with E-state index in [4.69, 9.17) is 11.6 Å². The van der Waals surface area contributed by atoms with Crippen LogP contribution in [0.1, 0.15) is 16.1 Å². The van der Waals surface area contributed by atoms with Crippen LogP contribution >= 0.6 is 11.6 Å². The van der Waals surface area contributed by atoms with Crippen molar-refractivity contribution in [2.24, 2.45) is 0 Å². The molecule has 0 unspecified atom stereocenters. The molecule has 1 aromatic heterocycles. The third-order valence-electron chi connectivity index (χ3n) is 3.93. The van der Waals surface area contributed by atoms with Crippen molar-refractivity contribution in [3.8, 4) is 0 Å². The first-order chi connectivity index (χ1) is 13.3. The monoisotopic (exact) mass is 407 g/mol. The van der Waals surface area contributed by atoms with Gasteiger partial charge in [0.15, 0.2) is 17.5 Å². The number of hydrogen-bond acceptors (Lipinski definition) is 3. The molecule has 2 aromatic carbocycles. The third kappa shape index (κ3) is 4.07. The number of carbonyl (C=O) groups excluding carboxylic acids is 2. The lowest BCUT2D eigenvalue weighted by molar-refractivity contribution is -0.115. The van der Waals surface area contributed by atoms with Gasteiger partial charge in [0.25, 0.3) is 5.91 Å². The lowest BCUT2D eigenvalue weighted by atomic mass is 10.1. The normalized spacial score (nSPS) is 10.8. The minimum Gasteiger partial charge on any atom is -0.343 e. The Bertz CT molecular complexity index is 1110. The molecule has 0 aliphatic carbocycles. The SMILES string of the molecule is Cc1nc2ccc(Cl)cc2cc1C(=O)NCC(=O)Nc1ccc(F)c(F)c1F. The van der Waals surface area contributed by atoms with Gasteiger partial charge < -0.3 is 10.6 Å². The summed E-state index contributed by atoms with van der Waals surface area (Å²) in [4.78, 5) is 28.6. The van der Waals surface area contributed by atoms with Crippen molar-refractivity contribution in [3.63, 3.8) is 0 Å². The lowest BCUT2D eigenvalue weighted by Gasteiger charge is -2.10. The van der Waals surface area contributed by atoms with Gasteiger partial charge in [-0.25, -0.2) is 13.2 Å². The van der Waals surface area contributed by atoms with Gasteiger partial charge in [-0.3, -0.25) is 14.6 Å². The molecule has 0 fully saturated rings. The van der Waals surface area contributed by atoms with Crippen molar-refractivity contribution in [1.29, 1.82) is 0 Å². The van der Waals surface area contributed by atoms with E-state index < -0.39 is 41.5 Å². The predicted octanol–water partition coefficient (Wildman–Crippen LogP) is 3.98. The molecular weight excluding hydrogens is 395 g/mol.